The molecule has 4 nitrogen and oxygen atoms in total. The second-order valence-corrected chi connectivity index (χ2v) is 7.46. The van der Waals surface area contributed by atoms with Crippen LogP contribution in [0.4, 0.5) is 0 Å². The van der Waals surface area contributed by atoms with Gasteiger partial charge in [-0.15, -0.1) is 0 Å². The fraction of sp³-hybridized carbons (Fsp3) is 0.304. The van der Waals surface area contributed by atoms with Crippen molar-refractivity contribution in [2.24, 2.45) is 0 Å². The van der Waals surface area contributed by atoms with E-state index in [4.69, 9.17) is 0 Å². The van der Waals surface area contributed by atoms with Crippen molar-refractivity contribution in [3.05, 3.63) is 77.0 Å². The van der Waals surface area contributed by atoms with Crippen LogP contribution in [0.2, 0.25) is 0 Å². The van der Waals surface area contributed by atoms with Gasteiger partial charge >= 0.3 is 5.97 Å². The Morgan fingerprint density at radius 2 is 2.00 bits per heavy atom. The van der Waals surface area contributed by atoms with Gasteiger partial charge in [-0.3, -0.25) is 14.7 Å². The van der Waals surface area contributed by atoms with E-state index in [1.165, 1.54) is 11.1 Å². The number of aromatic nitrogens is 1. The number of likely N-dealkylation sites (tertiary alicyclic amines) is 1. The van der Waals surface area contributed by atoms with E-state index in [0.29, 0.717) is 6.42 Å². The molecule has 4 heteroatoms. The summed E-state index contributed by atoms with van der Waals surface area (Å²) in [6.45, 7) is 4.97. The summed E-state index contributed by atoms with van der Waals surface area (Å²) >= 11 is 0. The van der Waals surface area contributed by atoms with Gasteiger partial charge in [-0.25, -0.2) is 0 Å². The van der Waals surface area contributed by atoms with Crippen molar-refractivity contribution >= 4 is 16.9 Å². The minimum atomic E-state index is -0.740. The zero-order valence-electron chi connectivity index (χ0n) is 15.7. The van der Waals surface area contributed by atoms with Crippen LogP contribution in [-0.2, 0) is 4.79 Å². The summed E-state index contributed by atoms with van der Waals surface area (Å²) in [5.41, 5.74) is 5.56. The van der Waals surface area contributed by atoms with Crippen LogP contribution >= 0.6 is 0 Å². The van der Waals surface area contributed by atoms with Gasteiger partial charge in [0.1, 0.15) is 6.04 Å². The van der Waals surface area contributed by atoms with Gasteiger partial charge in [0.25, 0.3) is 0 Å². The van der Waals surface area contributed by atoms with Crippen LogP contribution in [-0.4, -0.2) is 33.5 Å². The van der Waals surface area contributed by atoms with Gasteiger partial charge in [-0.05, 0) is 55.5 Å². The lowest BCUT2D eigenvalue weighted by Crippen LogP contribution is -2.39. The molecule has 0 bridgehead atoms. The summed E-state index contributed by atoms with van der Waals surface area (Å²) in [5, 5.41) is 10.8. The minimum absolute atomic E-state index is 0.105. The average Bonchev–Trinajstić information content (AvgIpc) is 3.13. The number of nitrogens with zero attached hydrogens (tertiary/aromatic N) is 2. The quantitative estimate of drug-likeness (QED) is 0.745. The highest BCUT2D eigenvalue weighted by atomic mass is 16.4. The Bertz CT molecular complexity index is 999. The molecule has 1 saturated heterocycles. The summed E-state index contributed by atoms with van der Waals surface area (Å²) < 4.78 is 0. The molecule has 4 rings (SSSR count). The predicted octanol–water partition coefficient (Wildman–Crippen LogP) is 4.49. The Balaban J connectivity index is 1.87. The van der Waals surface area contributed by atoms with E-state index in [2.05, 4.69) is 54.1 Å². The molecule has 0 radical (unpaired) electrons. The summed E-state index contributed by atoms with van der Waals surface area (Å²) in [6.07, 6.45) is 3.50. The van der Waals surface area contributed by atoms with E-state index in [0.717, 1.165) is 35.0 Å². The predicted molar refractivity (Wildman–Crippen MR) is 107 cm³/mol. The lowest BCUT2D eigenvalue weighted by Gasteiger charge is -2.33. The molecule has 0 amide bonds. The summed E-state index contributed by atoms with van der Waals surface area (Å²) in [4.78, 5) is 18.6. The third-order valence-electron chi connectivity index (χ3n) is 5.56. The summed E-state index contributed by atoms with van der Waals surface area (Å²) in [7, 11) is 0. The van der Waals surface area contributed by atoms with E-state index in [1.807, 2.05) is 24.4 Å². The molecule has 0 spiro atoms. The standard InChI is InChI=1S/C23H24N2O2/c1-15-9-10-19(16(2)12-15)22(25-11-5-8-21(25)23(26)27)18-13-17-6-3-4-7-20(17)24-14-18/h3-4,6-7,9-10,12-14,21-22H,5,8,11H2,1-2H3,(H,26,27). The molecule has 3 aromatic rings. The van der Waals surface area contributed by atoms with E-state index in [1.54, 1.807) is 0 Å². The molecule has 27 heavy (non-hydrogen) atoms. The maximum Gasteiger partial charge on any atom is 0.320 e. The van der Waals surface area contributed by atoms with E-state index in [9.17, 15) is 9.90 Å². The lowest BCUT2D eigenvalue weighted by atomic mass is 9.92. The minimum Gasteiger partial charge on any atom is -0.480 e. The first-order valence-corrected chi connectivity index (χ1v) is 9.45. The number of rotatable bonds is 4. The molecule has 2 unspecified atom stereocenters. The fourth-order valence-electron chi connectivity index (χ4n) is 4.28. The topological polar surface area (TPSA) is 53.4 Å². The van der Waals surface area contributed by atoms with Crippen LogP contribution in [0.25, 0.3) is 10.9 Å². The highest BCUT2D eigenvalue weighted by Gasteiger charge is 2.37. The molecule has 138 valence electrons. The third kappa shape index (κ3) is 3.33. The Morgan fingerprint density at radius 1 is 1.19 bits per heavy atom. The largest absolute Gasteiger partial charge is 0.480 e. The molecule has 1 aromatic heterocycles. The van der Waals surface area contributed by atoms with Crippen molar-refractivity contribution in [2.45, 2.75) is 38.8 Å². The van der Waals surface area contributed by atoms with Gasteiger partial charge in [0.05, 0.1) is 11.6 Å². The molecule has 0 aliphatic carbocycles. The van der Waals surface area contributed by atoms with Gasteiger partial charge in [-0.1, -0.05) is 42.0 Å². The summed E-state index contributed by atoms with van der Waals surface area (Å²) in [6, 6.07) is 16.1. The van der Waals surface area contributed by atoms with Crippen LogP contribution < -0.4 is 0 Å². The molecule has 0 saturated carbocycles. The molecule has 1 aliphatic rings. The molecule has 1 aliphatic heterocycles. The first-order valence-electron chi connectivity index (χ1n) is 9.45. The molecule has 2 heterocycles. The van der Waals surface area contributed by atoms with Crippen LogP contribution in [0, 0.1) is 13.8 Å². The number of hydrogen-bond acceptors (Lipinski definition) is 3. The third-order valence-corrected chi connectivity index (χ3v) is 5.56. The number of aryl methyl sites for hydroxylation is 2. The van der Waals surface area contributed by atoms with Crippen molar-refractivity contribution in [1.29, 1.82) is 0 Å². The highest BCUT2D eigenvalue weighted by molar-refractivity contribution is 5.79. The Labute approximate surface area is 159 Å². The first kappa shape index (κ1) is 17.7. The van der Waals surface area contributed by atoms with Crippen LogP contribution in [0.3, 0.4) is 0 Å². The fourth-order valence-corrected chi connectivity index (χ4v) is 4.28. The second kappa shape index (κ2) is 7.12. The number of carboxylic acid groups (broad SMARTS) is 1. The maximum atomic E-state index is 11.9. The SMILES string of the molecule is Cc1ccc(C(c2cnc3ccccc3c2)N2CCCC2C(=O)O)c(C)c1. The van der Waals surface area contributed by atoms with Crippen LogP contribution in [0.1, 0.15) is 41.1 Å². The zero-order chi connectivity index (χ0) is 19.0. The maximum absolute atomic E-state index is 11.9. The molecule has 2 atom stereocenters. The van der Waals surface area contributed by atoms with Gasteiger partial charge < -0.3 is 5.11 Å². The Kier molecular flexibility index (Phi) is 4.66. The van der Waals surface area contributed by atoms with Crippen molar-refractivity contribution in [3.63, 3.8) is 0 Å². The Morgan fingerprint density at radius 3 is 2.78 bits per heavy atom. The van der Waals surface area contributed by atoms with Gasteiger partial charge in [0.2, 0.25) is 0 Å². The monoisotopic (exact) mass is 360 g/mol. The lowest BCUT2D eigenvalue weighted by molar-refractivity contribution is -0.142. The first-order chi connectivity index (χ1) is 13.0. The molecular weight excluding hydrogens is 336 g/mol. The molecule has 1 fully saturated rings. The van der Waals surface area contributed by atoms with Gasteiger partial charge in [-0.2, -0.15) is 0 Å². The number of carboxylic acids is 1. The number of benzene rings is 2. The normalized spacial score (nSPS) is 18.7. The van der Waals surface area contributed by atoms with E-state index >= 15 is 0 Å². The van der Waals surface area contributed by atoms with E-state index < -0.39 is 12.0 Å². The van der Waals surface area contributed by atoms with Crippen LogP contribution in [0.5, 0.6) is 0 Å². The van der Waals surface area contributed by atoms with Crippen molar-refractivity contribution in [1.82, 2.24) is 9.88 Å². The highest BCUT2D eigenvalue weighted by Crippen LogP contribution is 2.37. The van der Waals surface area contributed by atoms with E-state index in [-0.39, 0.29) is 6.04 Å². The number of pyridine rings is 1. The van der Waals surface area contributed by atoms with Gasteiger partial charge in [0.15, 0.2) is 0 Å². The second-order valence-electron chi connectivity index (χ2n) is 7.46. The van der Waals surface area contributed by atoms with Crippen molar-refractivity contribution in [3.8, 4) is 0 Å². The molecule has 1 N–H and O–H groups in total. The number of carbonyl (C=O) groups is 1. The van der Waals surface area contributed by atoms with Gasteiger partial charge in [0, 0.05) is 18.1 Å². The van der Waals surface area contributed by atoms with Crippen LogP contribution in [0.15, 0.2) is 54.7 Å². The van der Waals surface area contributed by atoms with Crippen molar-refractivity contribution in [2.75, 3.05) is 6.54 Å². The number of para-hydroxylation sites is 1. The number of aliphatic carboxylic acids is 1. The zero-order valence-corrected chi connectivity index (χ0v) is 15.7. The van der Waals surface area contributed by atoms with Crippen molar-refractivity contribution < 1.29 is 9.90 Å². The summed E-state index contributed by atoms with van der Waals surface area (Å²) in [5.74, 6) is -0.740. The smallest absolute Gasteiger partial charge is 0.320 e. The number of fused-ring (bicyclic) bond motifs is 1. The molecule has 2 aromatic carbocycles. The average molecular weight is 360 g/mol. The number of hydrogen-bond donors (Lipinski definition) is 1. The Hall–Kier alpha value is -2.72. The molecular formula is C23H24N2O2.